The number of fused-ring (bicyclic) bond motifs is 1. The number of hydrogen-bond donors (Lipinski definition) is 0. The second kappa shape index (κ2) is 11.5. The molecule has 0 spiro atoms. The van der Waals surface area contributed by atoms with E-state index >= 15 is 0 Å². The summed E-state index contributed by atoms with van der Waals surface area (Å²) in [5.74, 6) is 1.03. The summed E-state index contributed by atoms with van der Waals surface area (Å²) in [6, 6.07) is 16.2. The lowest BCUT2D eigenvalue weighted by Gasteiger charge is -2.38. The Labute approximate surface area is 229 Å². The third-order valence-electron chi connectivity index (χ3n) is 8.14. The van der Waals surface area contributed by atoms with Crippen molar-refractivity contribution in [2.24, 2.45) is 0 Å². The highest BCUT2D eigenvalue weighted by atomic mass is 16.5. The summed E-state index contributed by atoms with van der Waals surface area (Å²) in [5, 5.41) is 0. The molecule has 0 bridgehead atoms. The summed E-state index contributed by atoms with van der Waals surface area (Å²) in [7, 11) is 0. The van der Waals surface area contributed by atoms with Crippen LogP contribution in [0.2, 0.25) is 0 Å². The Morgan fingerprint density at radius 3 is 2.41 bits per heavy atom. The molecule has 204 valence electrons. The number of hydrogen-bond acceptors (Lipinski definition) is 6. The number of anilines is 1. The third kappa shape index (κ3) is 5.78. The fourth-order valence-corrected chi connectivity index (χ4v) is 5.85. The molecule has 1 aromatic heterocycles. The third-order valence-corrected chi connectivity index (χ3v) is 8.14. The van der Waals surface area contributed by atoms with Gasteiger partial charge in [0.05, 0.1) is 19.4 Å². The quantitative estimate of drug-likeness (QED) is 0.469. The van der Waals surface area contributed by atoms with Crippen LogP contribution in [0.1, 0.15) is 23.6 Å². The summed E-state index contributed by atoms with van der Waals surface area (Å²) in [5.41, 5.74) is 3.76. The molecule has 6 rings (SSSR count). The Balaban J connectivity index is 1.03. The summed E-state index contributed by atoms with van der Waals surface area (Å²) >= 11 is 0. The van der Waals surface area contributed by atoms with Gasteiger partial charge in [-0.1, -0.05) is 30.3 Å². The SMILES string of the molecule is O=C(CC(C(=O)N1CCN(c2ccccc2)CC1)n1ccnc1)N1CCN(Cc2ccc3c(c2)CCO3)CC1. The van der Waals surface area contributed by atoms with E-state index in [0.717, 1.165) is 51.5 Å². The van der Waals surface area contributed by atoms with Crippen molar-refractivity contribution in [1.29, 1.82) is 0 Å². The summed E-state index contributed by atoms with van der Waals surface area (Å²) in [6.07, 6.45) is 6.23. The highest BCUT2D eigenvalue weighted by molar-refractivity contribution is 5.87. The Hall–Kier alpha value is -3.85. The first kappa shape index (κ1) is 25.4. The Morgan fingerprint density at radius 1 is 0.897 bits per heavy atom. The second-order valence-electron chi connectivity index (χ2n) is 10.6. The van der Waals surface area contributed by atoms with Crippen molar-refractivity contribution in [1.82, 2.24) is 24.3 Å². The highest BCUT2D eigenvalue weighted by Gasteiger charge is 2.32. The Morgan fingerprint density at radius 2 is 1.67 bits per heavy atom. The number of rotatable bonds is 7. The van der Waals surface area contributed by atoms with E-state index < -0.39 is 6.04 Å². The van der Waals surface area contributed by atoms with Crippen molar-refractivity contribution in [2.45, 2.75) is 25.4 Å². The van der Waals surface area contributed by atoms with Crippen molar-refractivity contribution >= 4 is 17.5 Å². The molecule has 9 heteroatoms. The zero-order chi connectivity index (χ0) is 26.6. The van der Waals surface area contributed by atoms with E-state index in [2.05, 4.69) is 45.1 Å². The standard InChI is InChI=1S/C30H36N6O3/c37-29(34-13-11-32(12-14-34)22-24-6-7-28-25(20-24)8-19-39-28)21-27(36-10-9-31-23-36)30(38)35-17-15-33(16-18-35)26-4-2-1-3-5-26/h1-7,9-10,20,23,27H,8,11-19,21-22H2. The molecule has 9 nitrogen and oxygen atoms in total. The van der Waals surface area contributed by atoms with Crippen molar-refractivity contribution < 1.29 is 14.3 Å². The smallest absolute Gasteiger partial charge is 0.246 e. The number of nitrogens with zero attached hydrogens (tertiary/aromatic N) is 6. The fraction of sp³-hybridized carbons (Fsp3) is 0.433. The van der Waals surface area contributed by atoms with Crippen LogP contribution in [0.3, 0.4) is 0 Å². The molecule has 2 saturated heterocycles. The molecule has 0 radical (unpaired) electrons. The number of amides is 2. The Bertz CT molecular complexity index is 1270. The molecule has 2 fully saturated rings. The molecule has 3 aliphatic heterocycles. The molecule has 39 heavy (non-hydrogen) atoms. The Kier molecular flexibility index (Phi) is 7.49. The summed E-state index contributed by atoms with van der Waals surface area (Å²) in [6.45, 7) is 7.47. The number of ether oxygens (including phenoxy) is 1. The van der Waals surface area contributed by atoms with Gasteiger partial charge >= 0.3 is 0 Å². The minimum absolute atomic E-state index is 0.00622. The summed E-state index contributed by atoms with van der Waals surface area (Å²) in [4.78, 5) is 39.7. The van der Waals surface area contributed by atoms with Gasteiger partial charge in [0.1, 0.15) is 11.8 Å². The van der Waals surface area contributed by atoms with Crippen LogP contribution in [-0.2, 0) is 22.6 Å². The van der Waals surface area contributed by atoms with E-state index in [9.17, 15) is 9.59 Å². The molecule has 0 saturated carbocycles. The summed E-state index contributed by atoms with van der Waals surface area (Å²) < 4.78 is 7.42. The van der Waals surface area contributed by atoms with Crippen LogP contribution in [0.4, 0.5) is 5.69 Å². The van der Waals surface area contributed by atoms with Crippen LogP contribution in [0.5, 0.6) is 5.75 Å². The van der Waals surface area contributed by atoms with Gasteiger partial charge in [-0.3, -0.25) is 14.5 Å². The van der Waals surface area contributed by atoms with E-state index in [1.807, 2.05) is 28.0 Å². The van der Waals surface area contributed by atoms with Crippen molar-refractivity contribution in [2.75, 3.05) is 63.9 Å². The van der Waals surface area contributed by atoms with Gasteiger partial charge in [0.2, 0.25) is 11.8 Å². The largest absolute Gasteiger partial charge is 0.493 e. The zero-order valence-electron chi connectivity index (χ0n) is 22.3. The van der Waals surface area contributed by atoms with Crippen LogP contribution in [-0.4, -0.2) is 95.0 Å². The molecular weight excluding hydrogens is 492 g/mol. The number of imidazole rings is 1. The fourth-order valence-electron chi connectivity index (χ4n) is 5.85. The predicted molar refractivity (Wildman–Crippen MR) is 149 cm³/mol. The van der Waals surface area contributed by atoms with Crippen LogP contribution >= 0.6 is 0 Å². The molecule has 2 amide bonds. The molecular formula is C30H36N6O3. The minimum atomic E-state index is -0.574. The van der Waals surface area contributed by atoms with E-state index in [4.69, 9.17) is 4.74 Å². The van der Waals surface area contributed by atoms with Crippen molar-refractivity contribution in [3.8, 4) is 5.75 Å². The number of carbonyl (C=O) groups is 2. The van der Waals surface area contributed by atoms with Gasteiger partial charge in [-0.2, -0.15) is 0 Å². The average Bonchev–Trinajstić information content (AvgIpc) is 3.69. The van der Waals surface area contributed by atoms with E-state index in [0.29, 0.717) is 26.2 Å². The number of aromatic nitrogens is 2. The monoisotopic (exact) mass is 528 g/mol. The molecule has 4 heterocycles. The van der Waals surface area contributed by atoms with Crippen LogP contribution < -0.4 is 9.64 Å². The van der Waals surface area contributed by atoms with Crippen LogP contribution in [0.15, 0.2) is 67.3 Å². The van der Waals surface area contributed by atoms with Crippen molar-refractivity contribution in [3.05, 3.63) is 78.4 Å². The van der Waals surface area contributed by atoms with Gasteiger partial charge in [-0.25, -0.2) is 4.98 Å². The van der Waals surface area contributed by atoms with E-state index in [1.54, 1.807) is 23.3 Å². The lowest BCUT2D eigenvalue weighted by Crippen LogP contribution is -2.52. The average molecular weight is 529 g/mol. The maximum absolute atomic E-state index is 13.7. The second-order valence-corrected chi connectivity index (χ2v) is 10.6. The molecule has 3 aromatic rings. The molecule has 1 unspecified atom stereocenters. The first-order chi connectivity index (χ1) is 19.1. The van der Waals surface area contributed by atoms with Gasteiger partial charge in [0.15, 0.2) is 0 Å². The zero-order valence-corrected chi connectivity index (χ0v) is 22.3. The maximum atomic E-state index is 13.7. The normalized spacial score (nSPS) is 18.5. The number of para-hydroxylation sites is 1. The van der Waals surface area contributed by atoms with Crippen LogP contribution in [0.25, 0.3) is 0 Å². The lowest BCUT2D eigenvalue weighted by molar-refractivity contribution is -0.141. The molecule has 3 aliphatic rings. The van der Waals surface area contributed by atoms with Crippen LogP contribution in [0, 0.1) is 0 Å². The van der Waals surface area contributed by atoms with Crippen molar-refractivity contribution in [3.63, 3.8) is 0 Å². The van der Waals surface area contributed by atoms with E-state index in [-0.39, 0.29) is 18.2 Å². The number of piperazine rings is 2. The lowest BCUT2D eigenvalue weighted by atomic mass is 10.1. The predicted octanol–water partition coefficient (Wildman–Crippen LogP) is 2.44. The molecule has 2 aromatic carbocycles. The van der Waals surface area contributed by atoms with Gasteiger partial charge in [-0.15, -0.1) is 0 Å². The van der Waals surface area contributed by atoms with Gasteiger partial charge in [-0.05, 0) is 29.3 Å². The first-order valence-corrected chi connectivity index (χ1v) is 13.9. The first-order valence-electron chi connectivity index (χ1n) is 13.9. The van der Waals surface area contributed by atoms with E-state index in [1.165, 1.54) is 16.8 Å². The molecule has 0 N–H and O–H groups in total. The number of carbonyl (C=O) groups excluding carboxylic acids is 2. The highest BCUT2D eigenvalue weighted by Crippen LogP contribution is 2.27. The van der Waals surface area contributed by atoms with Gasteiger partial charge in [0.25, 0.3) is 0 Å². The molecule has 0 aliphatic carbocycles. The maximum Gasteiger partial charge on any atom is 0.246 e. The van der Waals surface area contributed by atoms with Gasteiger partial charge < -0.3 is 24.0 Å². The van der Waals surface area contributed by atoms with Gasteiger partial charge in [0, 0.05) is 83.4 Å². The topological polar surface area (TPSA) is 74.2 Å². The minimum Gasteiger partial charge on any atom is -0.493 e. The number of benzene rings is 2. The molecule has 1 atom stereocenters.